The SMILES string of the molecule is COC[C@H](C)Nc1cc(Br)ccc1N.COC[C@H](C)Nc1cc(Br)ccc1NC(=O)C1CCC(F)(F)CC1.S.S. The fourth-order valence-corrected chi connectivity index (χ4v) is 4.77. The molecule has 0 aliphatic heterocycles. The van der Waals surface area contributed by atoms with Crippen molar-refractivity contribution < 1.29 is 23.0 Å². The van der Waals surface area contributed by atoms with Gasteiger partial charge in [0.05, 0.1) is 36.0 Å². The van der Waals surface area contributed by atoms with Crippen LogP contribution in [0.15, 0.2) is 45.3 Å². The molecule has 0 saturated heterocycles. The number of hydrogen-bond acceptors (Lipinski definition) is 6. The van der Waals surface area contributed by atoms with E-state index in [4.69, 9.17) is 15.2 Å². The molecule has 1 aliphatic rings. The normalized spacial score (nSPS) is 15.7. The highest BCUT2D eigenvalue weighted by molar-refractivity contribution is 9.10. The highest BCUT2D eigenvalue weighted by atomic mass is 79.9. The van der Waals surface area contributed by atoms with Crippen LogP contribution in [0.2, 0.25) is 0 Å². The number of nitrogen functional groups attached to an aromatic ring is 1. The van der Waals surface area contributed by atoms with Crippen molar-refractivity contribution in [3.05, 3.63) is 45.3 Å². The number of methoxy groups -OCH3 is 2. The summed E-state index contributed by atoms with van der Waals surface area (Å²) in [5, 5.41) is 9.43. The molecule has 0 unspecified atom stereocenters. The third-order valence-corrected chi connectivity index (χ3v) is 6.97. The van der Waals surface area contributed by atoms with Gasteiger partial charge in [0.15, 0.2) is 0 Å². The number of carbonyl (C=O) groups excluding carboxylic acids is 1. The molecule has 5 N–H and O–H groups in total. The third kappa shape index (κ3) is 13.6. The Kier molecular flexibility index (Phi) is 18.4. The Balaban J connectivity index is 0.000000819. The molecule has 2 atom stereocenters. The number of amides is 1. The standard InChI is InChI=1S/C17H23BrF2N2O2.C10H15BrN2O.2H2S/c1-11(10-24-2)21-15-9-13(18)3-4-14(15)22-16(23)12-5-7-17(19,20)8-6-12;1-7(6-14-2)13-10-5-8(11)3-4-9(10)12;;/h3-4,9,11-12,21H,5-8,10H2,1-2H3,(H,22,23);3-5,7,13H,6,12H2,1-2H3;2*1H2/t11-;7-;;/m00../s1. The molecule has 0 radical (unpaired) electrons. The monoisotopic (exact) mass is 730 g/mol. The fraction of sp³-hybridized carbons (Fsp3) is 0.519. The number of carbonyl (C=O) groups is 1. The van der Waals surface area contributed by atoms with Gasteiger partial charge in [-0.2, -0.15) is 27.0 Å². The lowest BCUT2D eigenvalue weighted by molar-refractivity contribution is -0.124. The van der Waals surface area contributed by atoms with Gasteiger partial charge >= 0.3 is 0 Å². The molecule has 0 spiro atoms. The molecule has 228 valence electrons. The van der Waals surface area contributed by atoms with Gasteiger partial charge in [-0.1, -0.05) is 31.9 Å². The smallest absolute Gasteiger partial charge is 0.248 e. The van der Waals surface area contributed by atoms with E-state index in [1.807, 2.05) is 44.2 Å². The van der Waals surface area contributed by atoms with E-state index in [0.29, 0.717) is 18.9 Å². The van der Waals surface area contributed by atoms with Crippen LogP contribution in [-0.2, 0) is 14.3 Å². The minimum absolute atomic E-state index is 0. The molecule has 1 amide bonds. The van der Waals surface area contributed by atoms with Crippen LogP contribution in [0, 0.1) is 5.92 Å². The topological polar surface area (TPSA) is 97.6 Å². The number of benzene rings is 2. The van der Waals surface area contributed by atoms with E-state index < -0.39 is 5.92 Å². The summed E-state index contributed by atoms with van der Waals surface area (Å²) in [7, 11) is 3.31. The summed E-state index contributed by atoms with van der Waals surface area (Å²) in [5.74, 6) is -3.19. The molecule has 13 heteroatoms. The van der Waals surface area contributed by atoms with Gasteiger partial charge in [-0.3, -0.25) is 4.79 Å². The number of nitrogens with two attached hydrogens (primary N) is 1. The van der Waals surface area contributed by atoms with Crippen LogP contribution in [0.25, 0.3) is 0 Å². The van der Waals surface area contributed by atoms with Crippen molar-refractivity contribution in [3.63, 3.8) is 0 Å². The van der Waals surface area contributed by atoms with Crippen LogP contribution in [-0.4, -0.2) is 51.3 Å². The van der Waals surface area contributed by atoms with Gasteiger partial charge in [0.25, 0.3) is 0 Å². The second kappa shape index (κ2) is 19.0. The van der Waals surface area contributed by atoms with E-state index in [9.17, 15) is 13.6 Å². The Morgan fingerprint density at radius 1 is 0.925 bits per heavy atom. The number of ether oxygens (including phenoxy) is 2. The summed E-state index contributed by atoms with van der Waals surface area (Å²) in [6.07, 6.45) is -0.000783. The first-order valence-electron chi connectivity index (χ1n) is 12.5. The van der Waals surface area contributed by atoms with Crippen molar-refractivity contribution >= 4 is 87.5 Å². The van der Waals surface area contributed by atoms with E-state index in [0.717, 1.165) is 26.0 Å². The zero-order valence-corrected chi connectivity index (χ0v) is 28.4. The van der Waals surface area contributed by atoms with Gasteiger partial charge < -0.3 is 31.2 Å². The Morgan fingerprint density at radius 3 is 1.93 bits per heavy atom. The lowest BCUT2D eigenvalue weighted by Crippen LogP contribution is -2.32. The van der Waals surface area contributed by atoms with Crippen LogP contribution in [0.3, 0.4) is 0 Å². The molecule has 2 aromatic rings. The Labute approximate surface area is 267 Å². The molecule has 40 heavy (non-hydrogen) atoms. The second-order valence-corrected chi connectivity index (χ2v) is 11.4. The van der Waals surface area contributed by atoms with Crippen LogP contribution in [0.1, 0.15) is 39.5 Å². The summed E-state index contributed by atoms with van der Waals surface area (Å²) in [6.45, 7) is 5.20. The Morgan fingerprint density at radius 2 is 1.40 bits per heavy atom. The van der Waals surface area contributed by atoms with Crippen molar-refractivity contribution in [1.29, 1.82) is 0 Å². The molecule has 7 nitrogen and oxygen atoms in total. The summed E-state index contributed by atoms with van der Waals surface area (Å²) in [4.78, 5) is 12.4. The van der Waals surface area contributed by atoms with E-state index >= 15 is 0 Å². The summed E-state index contributed by atoms with van der Waals surface area (Å²) < 4.78 is 38.5. The second-order valence-electron chi connectivity index (χ2n) is 9.54. The Bertz CT molecular complexity index is 1050. The first-order valence-corrected chi connectivity index (χ1v) is 14.1. The molecule has 3 rings (SSSR count). The van der Waals surface area contributed by atoms with E-state index in [1.54, 1.807) is 20.3 Å². The quantitative estimate of drug-likeness (QED) is 0.191. The van der Waals surface area contributed by atoms with Crippen LogP contribution in [0.4, 0.5) is 31.5 Å². The summed E-state index contributed by atoms with van der Waals surface area (Å²) >= 11 is 6.81. The zero-order chi connectivity index (χ0) is 28.3. The Hall–Kier alpha value is -1.25. The van der Waals surface area contributed by atoms with Gasteiger partial charge in [0, 0.05) is 54.0 Å². The van der Waals surface area contributed by atoms with E-state index in [-0.39, 0.29) is 76.6 Å². The first kappa shape index (κ1) is 38.8. The van der Waals surface area contributed by atoms with Gasteiger partial charge in [-0.25, -0.2) is 8.78 Å². The number of nitrogens with one attached hydrogen (secondary N) is 3. The molecule has 2 aromatic carbocycles. The average Bonchev–Trinajstić information content (AvgIpc) is 2.84. The van der Waals surface area contributed by atoms with Crippen LogP contribution < -0.4 is 21.7 Å². The number of halogens is 4. The van der Waals surface area contributed by atoms with Crippen molar-refractivity contribution in [2.24, 2.45) is 5.92 Å². The molecule has 0 bridgehead atoms. The van der Waals surface area contributed by atoms with E-state index in [2.05, 4.69) is 47.8 Å². The maximum absolute atomic E-state index is 13.2. The molecular formula is C27H42Br2F2N4O3S2. The molecule has 1 fully saturated rings. The maximum Gasteiger partial charge on any atom is 0.248 e. The zero-order valence-electron chi connectivity index (χ0n) is 23.3. The molecule has 0 heterocycles. The fourth-order valence-electron chi connectivity index (χ4n) is 4.05. The van der Waals surface area contributed by atoms with Crippen LogP contribution >= 0.6 is 58.9 Å². The predicted octanol–water partition coefficient (Wildman–Crippen LogP) is 7.36. The highest BCUT2D eigenvalue weighted by Crippen LogP contribution is 2.37. The number of anilines is 4. The van der Waals surface area contributed by atoms with Crippen molar-refractivity contribution in [2.75, 3.05) is 49.1 Å². The number of rotatable bonds is 10. The minimum Gasteiger partial charge on any atom is -0.397 e. The van der Waals surface area contributed by atoms with Crippen LogP contribution in [0.5, 0.6) is 0 Å². The minimum atomic E-state index is -2.63. The number of hydrogen-bond donors (Lipinski definition) is 4. The first-order chi connectivity index (χ1) is 17.9. The van der Waals surface area contributed by atoms with Crippen molar-refractivity contribution in [1.82, 2.24) is 0 Å². The lowest BCUT2D eigenvalue weighted by atomic mass is 9.86. The number of alkyl halides is 2. The predicted molar refractivity (Wildman–Crippen MR) is 179 cm³/mol. The largest absolute Gasteiger partial charge is 0.397 e. The van der Waals surface area contributed by atoms with Gasteiger partial charge in [0.1, 0.15) is 0 Å². The summed E-state index contributed by atoms with van der Waals surface area (Å²) in [5.41, 5.74) is 8.90. The molecular weight excluding hydrogens is 690 g/mol. The van der Waals surface area contributed by atoms with Crippen molar-refractivity contribution in [3.8, 4) is 0 Å². The third-order valence-electron chi connectivity index (χ3n) is 5.98. The molecule has 0 aromatic heterocycles. The van der Waals surface area contributed by atoms with Gasteiger partial charge in [-0.15, -0.1) is 0 Å². The molecule has 1 aliphatic carbocycles. The van der Waals surface area contributed by atoms with Crippen molar-refractivity contribution in [2.45, 2.75) is 57.5 Å². The maximum atomic E-state index is 13.2. The lowest BCUT2D eigenvalue weighted by Gasteiger charge is -2.27. The van der Waals surface area contributed by atoms with Gasteiger partial charge in [0.2, 0.25) is 11.8 Å². The van der Waals surface area contributed by atoms with E-state index in [1.165, 1.54) is 0 Å². The van der Waals surface area contributed by atoms with Gasteiger partial charge in [-0.05, 0) is 63.1 Å². The summed E-state index contributed by atoms with van der Waals surface area (Å²) in [6, 6.07) is 11.5. The highest BCUT2D eigenvalue weighted by Gasteiger charge is 2.37. The molecule has 1 saturated carbocycles. The average molecular weight is 733 g/mol.